The molecular weight excluding hydrogens is 434 g/mol. The number of benzene rings is 1. The molecule has 0 unspecified atom stereocenters. The van der Waals surface area contributed by atoms with Crippen LogP contribution in [0, 0.1) is 52.1 Å². The van der Waals surface area contributed by atoms with Crippen LogP contribution >= 0.6 is 0 Å². The third-order valence-electron chi connectivity index (χ3n) is 10.9. The van der Waals surface area contributed by atoms with Crippen molar-refractivity contribution in [3.8, 4) is 0 Å². The number of carbonyl (C=O) groups excluding carboxylic acids is 1. The van der Waals surface area contributed by atoms with Gasteiger partial charge in [-0.3, -0.25) is 4.79 Å². The van der Waals surface area contributed by atoms with Gasteiger partial charge in [0.15, 0.2) is 17.4 Å². The maximum Gasteiger partial charge on any atom is 0.183 e. The number of halogens is 2. The van der Waals surface area contributed by atoms with Gasteiger partial charge in [-0.05, 0) is 111 Å². The summed E-state index contributed by atoms with van der Waals surface area (Å²) in [6, 6.07) is 2.43. The van der Waals surface area contributed by atoms with Crippen LogP contribution in [-0.2, 0) is 4.79 Å². The molecule has 4 aliphatic rings. The van der Waals surface area contributed by atoms with E-state index in [2.05, 4.69) is 19.2 Å². The molecule has 1 aromatic rings. The van der Waals surface area contributed by atoms with Gasteiger partial charge in [-0.1, -0.05) is 13.8 Å². The molecule has 1 aromatic carbocycles. The van der Waals surface area contributed by atoms with Gasteiger partial charge in [0.1, 0.15) is 0 Å². The Morgan fingerprint density at radius 1 is 1.03 bits per heavy atom. The van der Waals surface area contributed by atoms with E-state index in [0.29, 0.717) is 29.1 Å². The van der Waals surface area contributed by atoms with Crippen LogP contribution in [-0.4, -0.2) is 23.0 Å². The molecule has 4 saturated carbocycles. The molecule has 0 bridgehead atoms. The van der Waals surface area contributed by atoms with Crippen molar-refractivity contribution in [1.29, 1.82) is 0 Å². The molecule has 0 amide bonds. The number of nitrogens with two attached hydrogens (primary N) is 1. The summed E-state index contributed by atoms with van der Waals surface area (Å²) in [7, 11) is 0. The lowest BCUT2D eigenvalue weighted by Crippen LogP contribution is -2.55. The molecule has 0 heterocycles. The molecular formula is C28H40F2N2O2. The zero-order valence-corrected chi connectivity index (χ0v) is 20.8. The van der Waals surface area contributed by atoms with Crippen molar-refractivity contribution in [2.75, 3.05) is 17.6 Å². The summed E-state index contributed by atoms with van der Waals surface area (Å²) in [5, 5.41) is 13.7. The van der Waals surface area contributed by atoms with Crippen molar-refractivity contribution < 1.29 is 18.7 Å². The summed E-state index contributed by atoms with van der Waals surface area (Å²) < 4.78 is 27.2. The first-order chi connectivity index (χ1) is 16.0. The molecule has 6 heteroatoms. The van der Waals surface area contributed by atoms with Crippen molar-refractivity contribution >= 4 is 17.2 Å². The fourth-order valence-electron chi connectivity index (χ4n) is 8.99. The monoisotopic (exact) mass is 474 g/mol. The van der Waals surface area contributed by atoms with E-state index in [0.717, 1.165) is 44.6 Å². The van der Waals surface area contributed by atoms with Crippen molar-refractivity contribution in [1.82, 2.24) is 0 Å². The number of carbonyl (C=O) groups is 1. The third-order valence-corrected chi connectivity index (χ3v) is 10.9. The third kappa shape index (κ3) is 3.66. The summed E-state index contributed by atoms with van der Waals surface area (Å²) >= 11 is 0. The van der Waals surface area contributed by atoms with E-state index in [-0.39, 0.29) is 35.0 Å². The van der Waals surface area contributed by atoms with E-state index in [1.165, 1.54) is 25.3 Å². The maximum atomic E-state index is 13.8. The van der Waals surface area contributed by atoms with E-state index in [1.807, 2.05) is 6.92 Å². The second kappa shape index (κ2) is 8.18. The molecule has 5 rings (SSSR count). The zero-order chi connectivity index (χ0) is 24.5. The molecule has 34 heavy (non-hydrogen) atoms. The lowest BCUT2D eigenvalue weighted by Gasteiger charge is -2.61. The maximum absolute atomic E-state index is 13.8. The van der Waals surface area contributed by atoms with Crippen molar-refractivity contribution in [2.24, 2.45) is 40.4 Å². The summed E-state index contributed by atoms with van der Waals surface area (Å²) in [4.78, 5) is 13.4. The molecule has 0 aromatic heterocycles. The van der Waals surface area contributed by atoms with Crippen molar-refractivity contribution in [2.45, 2.75) is 84.2 Å². The first kappa shape index (κ1) is 24.0. The predicted molar refractivity (Wildman–Crippen MR) is 130 cm³/mol. The number of Topliss-reactive ketones (excluding diaryl/α,β-unsaturated/α-hetero) is 1. The Kier molecular flexibility index (Phi) is 5.78. The highest BCUT2D eigenvalue weighted by Gasteiger charge is 2.61. The average molecular weight is 475 g/mol. The Balaban J connectivity index is 1.29. The van der Waals surface area contributed by atoms with Crippen LogP contribution in [0.4, 0.5) is 20.2 Å². The highest BCUT2D eigenvalue weighted by atomic mass is 19.2. The van der Waals surface area contributed by atoms with Crippen LogP contribution in [0.5, 0.6) is 0 Å². The minimum Gasteiger partial charge on any atom is -0.395 e. The lowest BCUT2D eigenvalue weighted by molar-refractivity contribution is -0.150. The molecule has 188 valence electrons. The van der Waals surface area contributed by atoms with Crippen LogP contribution in [0.2, 0.25) is 0 Å². The smallest absolute Gasteiger partial charge is 0.183 e. The Morgan fingerprint density at radius 3 is 2.53 bits per heavy atom. The largest absolute Gasteiger partial charge is 0.395 e. The Labute approximate surface area is 202 Å². The van der Waals surface area contributed by atoms with Gasteiger partial charge in [-0.2, -0.15) is 0 Å². The van der Waals surface area contributed by atoms with Crippen molar-refractivity contribution in [3.63, 3.8) is 0 Å². The number of nitrogen functional groups attached to an aromatic ring is 1. The van der Waals surface area contributed by atoms with E-state index < -0.39 is 17.2 Å². The van der Waals surface area contributed by atoms with Crippen LogP contribution in [0.3, 0.4) is 0 Å². The van der Waals surface area contributed by atoms with Crippen LogP contribution in [0.25, 0.3) is 0 Å². The van der Waals surface area contributed by atoms with Gasteiger partial charge < -0.3 is 16.2 Å². The molecule has 4 N–H and O–H groups in total. The Bertz CT molecular complexity index is 981. The quantitative estimate of drug-likeness (QED) is 0.472. The van der Waals surface area contributed by atoms with E-state index in [1.54, 1.807) is 0 Å². The van der Waals surface area contributed by atoms with Crippen molar-refractivity contribution in [3.05, 3.63) is 23.8 Å². The highest BCUT2D eigenvalue weighted by molar-refractivity contribution is 5.87. The minimum absolute atomic E-state index is 0.00285. The van der Waals surface area contributed by atoms with E-state index >= 15 is 0 Å². The molecule has 4 fully saturated rings. The van der Waals surface area contributed by atoms with E-state index in [4.69, 9.17) is 5.73 Å². The molecule has 4 aliphatic carbocycles. The molecule has 0 aliphatic heterocycles. The number of hydrogen-bond donors (Lipinski definition) is 3. The molecule has 0 spiro atoms. The standard InChI is InChI=1S/C28H40F2N2O2/c1-26(34)12-13-27(2)16(14-26)4-5-17-18-6-7-20(28(18,3)11-10-19(17)27)23(33)15-32-22-9-8-21(29)24(30)25(22)31/h8-9,16-20,32,34H,4-7,10-15,31H2,1-3H3/t16-,17-,18-,19-,20+,26+,27-,28-/m0/s1. The zero-order valence-electron chi connectivity index (χ0n) is 20.8. The average Bonchev–Trinajstić information content (AvgIpc) is 3.14. The van der Waals surface area contributed by atoms with Gasteiger partial charge in [-0.15, -0.1) is 0 Å². The highest BCUT2D eigenvalue weighted by Crippen LogP contribution is 2.68. The van der Waals surface area contributed by atoms with Crippen LogP contribution < -0.4 is 11.1 Å². The number of hydrogen-bond acceptors (Lipinski definition) is 4. The van der Waals surface area contributed by atoms with Gasteiger partial charge in [0, 0.05) is 5.92 Å². The number of ketones is 1. The van der Waals surface area contributed by atoms with Crippen LogP contribution in [0.15, 0.2) is 12.1 Å². The fraction of sp³-hybridized carbons (Fsp3) is 0.750. The van der Waals surface area contributed by atoms with Gasteiger partial charge >= 0.3 is 0 Å². The number of aliphatic hydroxyl groups is 1. The predicted octanol–water partition coefficient (Wildman–Crippen LogP) is 5.94. The van der Waals surface area contributed by atoms with Gasteiger partial charge in [-0.25, -0.2) is 8.78 Å². The Hall–Kier alpha value is -1.69. The van der Waals surface area contributed by atoms with Gasteiger partial charge in [0.05, 0.1) is 23.5 Å². The number of anilines is 2. The molecule has 0 saturated heterocycles. The summed E-state index contributed by atoms with van der Waals surface area (Å²) in [6.07, 6.45) is 9.58. The molecule has 0 radical (unpaired) electrons. The SMILES string of the molecule is C[C@@]1(O)CC[C@@]2(C)[C@@H](CC[C@@H]3[C@@H]2CC[C@]2(C)[C@@H](C(=O)CNc4ccc(F)c(F)c4N)CC[C@@H]32)C1. The normalized spacial score (nSPS) is 43.5. The Morgan fingerprint density at radius 2 is 1.76 bits per heavy atom. The van der Waals surface area contributed by atoms with Crippen LogP contribution in [0.1, 0.15) is 78.6 Å². The topological polar surface area (TPSA) is 75.3 Å². The minimum atomic E-state index is -1.07. The first-order valence-electron chi connectivity index (χ1n) is 13.2. The molecule has 8 atom stereocenters. The summed E-state index contributed by atoms with van der Waals surface area (Å²) in [5.74, 6) is 0.612. The molecule has 4 nitrogen and oxygen atoms in total. The second-order valence-electron chi connectivity index (χ2n) is 12.7. The van der Waals surface area contributed by atoms with Gasteiger partial charge in [0.2, 0.25) is 0 Å². The fourth-order valence-corrected chi connectivity index (χ4v) is 8.99. The summed E-state index contributed by atoms with van der Waals surface area (Å²) in [5.41, 5.74) is 5.49. The summed E-state index contributed by atoms with van der Waals surface area (Å²) in [6.45, 7) is 6.91. The van der Waals surface area contributed by atoms with Gasteiger partial charge in [0.25, 0.3) is 0 Å². The number of rotatable bonds is 4. The van der Waals surface area contributed by atoms with E-state index in [9.17, 15) is 18.7 Å². The number of nitrogens with one attached hydrogen (secondary N) is 1. The second-order valence-corrected chi connectivity index (χ2v) is 12.7. The number of fused-ring (bicyclic) bond motifs is 5. The lowest BCUT2D eigenvalue weighted by atomic mass is 9.44. The first-order valence-corrected chi connectivity index (χ1v) is 13.2.